The molecule has 0 aromatic rings. The van der Waals surface area contributed by atoms with Crippen molar-refractivity contribution in [1.82, 2.24) is 5.32 Å². The van der Waals surface area contributed by atoms with Crippen molar-refractivity contribution < 1.29 is 9.90 Å². The zero-order chi connectivity index (χ0) is 9.90. The van der Waals surface area contributed by atoms with Gasteiger partial charge < -0.3 is 10.4 Å². The van der Waals surface area contributed by atoms with Gasteiger partial charge in [-0.05, 0) is 31.7 Å². The minimum atomic E-state index is -0.685. The summed E-state index contributed by atoms with van der Waals surface area (Å²) in [5.74, 6) is -0.0942. The second kappa shape index (κ2) is 4.09. The Bertz CT molecular complexity index is 189. The van der Waals surface area contributed by atoms with E-state index < -0.39 is 5.97 Å². The Balaban J connectivity index is 2.62. The molecule has 3 nitrogen and oxygen atoms in total. The van der Waals surface area contributed by atoms with Crippen LogP contribution < -0.4 is 5.32 Å². The maximum atomic E-state index is 10.7. The van der Waals surface area contributed by atoms with Crippen molar-refractivity contribution in [3.05, 3.63) is 0 Å². The van der Waals surface area contributed by atoms with Crippen LogP contribution >= 0.6 is 0 Å². The first-order valence-electron chi connectivity index (χ1n) is 5.11. The number of nitrogens with one attached hydrogen (secondary N) is 1. The van der Waals surface area contributed by atoms with Gasteiger partial charge in [0.05, 0.1) is 6.42 Å². The fourth-order valence-electron chi connectivity index (χ4n) is 2.15. The van der Waals surface area contributed by atoms with Crippen LogP contribution in [-0.2, 0) is 4.79 Å². The third-order valence-corrected chi connectivity index (χ3v) is 2.99. The van der Waals surface area contributed by atoms with Gasteiger partial charge in [-0.3, -0.25) is 4.79 Å². The highest BCUT2D eigenvalue weighted by atomic mass is 16.4. The number of hydrogen-bond donors (Lipinski definition) is 2. The lowest BCUT2D eigenvalue weighted by Gasteiger charge is -2.32. The van der Waals surface area contributed by atoms with Gasteiger partial charge in [-0.1, -0.05) is 13.8 Å². The SMILES string of the molecule is CCNC(CC)(CC(=O)O)C1CC1. The predicted octanol–water partition coefficient (Wildman–Crippen LogP) is 1.63. The maximum absolute atomic E-state index is 10.7. The number of carboxylic acids is 1. The van der Waals surface area contributed by atoms with E-state index >= 15 is 0 Å². The Morgan fingerprint density at radius 2 is 2.15 bits per heavy atom. The summed E-state index contributed by atoms with van der Waals surface area (Å²) < 4.78 is 0. The molecule has 0 heterocycles. The van der Waals surface area contributed by atoms with E-state index in [4.69, 9.17) is 5.11 Å². The van der Waals surface area contributed by atoms with Crippen LogP contribution in [0.15, 0.2) is 0 Å². The first kappa shape index (κ1) is 10.5. The average molecular weight is 185 g/mol. The standard InChI is InChI=1S/C10H19NO2/c1-3-10(11-4-2,7-9(12)13)8-5-6-8/h8,11H,3-7H2,1-2H3,(H,12,13). The van der Waals surface area contributed by atoms with Gasteiger partial charge in [0.25, 0.3) is 0 Å². The maximum Gasteiger partial charge on any atom is 0.305 e. The quantitative estimate of drug-likeness (QED) is 0.661. The molecule has 1 unspecified atom stereocenters. The van der Waals surface area contributed by atoms with Crippen molar-refractivity contribution in [3.63, 3.8) is 0 Å². The first-order chi connectivity index (χ1) is 6.14. The molecule has 0 radical (unpaired) electrons. The number of rotatable bonds is 6. The van der Waals surface area contributed by atoms with Crippen LogP contribution in [0.2, 0.25) is 0 Å². The van der Waals surface area contributed by atoms with Gasteiger partial charge in [-0.25, -0.2) is 0 Å². The Hall–Kier alpha value is -0.570. The second-order valence-corrected chi connectivity index (χ2v) is 3.88. The fraction of sp³-hybridized carbons (Fsp3) is 0.900. The second-order valence-electron chi connectivity index (χ2n) is 3.88. The highest BCUT2D eigenvalue weighted by Crippen LogP contribution is 2.43. The van der Waals surface area contributed by atoms with Gasteiger partial charge in [0.2, 0.25) is 0 Å². The van der Waals surface area contributed by atoms with Crippen molar-refractivity contribution in [1.29, 1.82) is 0 Å². The Labute approximate surface area is 79.5 Å². The summed E-state index contributed by atoms with van der Waals surface area (Å²) in [6, 6.07) is 0. The lowest BCUT2D eigenvalue weighted by atomic mass is 9.86. The van der Waals surface area contributed by atoms with E-state index in [1.165, 1.54) is 12.8 Å². The molecule has 0 spiro atoms. The first-order valence-corrected chi connectivity index (χ1v) is 5.11. The molecule has 1 rings (SSSR count). The van der Waals surface area contributed by atoms with Crippen LogP contribution in [-0.4, -0.2) is 23.2 Å². The third-order valence-electron chi connectivity index (χ3n) is 2.99. The van der Waals surface area contributed by atoms with Gasteiger partial charge >= 0.3 is 5.97 Å². The molecule has 1 aliphatic carbocycles. The molecule has 1 fully saturated rings. The lowest BCUT2D eigenvalue weighted by molar-refractivity contribution is -0.139. The van der Waals surface area contributed by atoms with Crippen molar-refractivity contribution in [3.8, 4) is 0 Å². The molecule has 0 aliphatic heterocycles. The lowest BCUT2D eigenvalue weighted by Crippen LogP contribution is -2.48. The Kier molecular flexibility index (Phi) is 3.31. The smallest absolute Gasteiger partial charge is 0.305 e. The molecular weight excluding hydrogens is 166 g/mol. The summed E-state index contributed by atoms with van der Waals surface area (Å²) in [5, 5.41) is 12.2. The van der Waals surface area contributed by atoms with Crippen molar-refractivity contribution in [2.24, 2.45) is 5.92 Å². The summed E-state index contributed by atoms with van der Waals surface area (Å²) in [6.45, 7) is 4.97. The van der Waals surface area contributed by atoms with Gasteiger partial charge in [-0.15, -0.1) is 0 Å². The van der Waals surface area contributed by atoms with E-state index in [2.05, 4.69) is 12.2 Å². The van der Waals surface area contributed by atoms with E-state index in [1.807, 2.05) is 6.92 Å². The van der Waals surface area contributed by atoms with Crippen molar-refractivity contribution >= 4 is 5.97 Å². The van der Waals surface area contributed by atoms with Crippen LogP contribution in [0, 0.1) is 5.92 Å². The molecule has 2 N–H and O–H groups in total. The highest BCUT2D eigenvalue weighted by molar-refractivity contribution is 5.68. The number of carbonyl (C=O) groups is 1. The minimum Gasteiger partial charge on any atom is -0.481 e. The van der Waals surface area contributed by atoms with Crippen LogP contribution in [0.4, 0.5) is 0 Å². The zero-order valence-corrected chi connectivity index (χ0v) is 8.47. The molecule has 13 heavy (non-hydrogen) atoms. The number of hydrogen-bond acceptors (Lipinski definition) is 2. The Morgan fingerprint density at radius 3 is 2.46 bits per heavy atom. The average Bonchev–Trinajstić information content (AvgIpc) is 2.85. The molecule has 0 bridgehead atoms. The van der Waals surface area contributed by atoms with E-state index in [0.717, 1.165) is 13.0 Å². The van der Waals surface area contributed by atoms with E-state index in [9.17, 15) is 4.79 Å². The molecule has 0 aromatic heterocycles. The van der Waals surface area contributed by atoms with Crippen molar-refractivity contribution in [2.75, 3.05) is 6.54 Å². The largest absolute Gasteiger partial charge is 0.481 e. The molecule has 1 atom stereocenters. The topological polar surface area (TPSA) is 49.3 Å². The van der Waals surface area contributed by atoms with E-state index in [1.54, 1.807) is 0 Å². The summed E-state index contributed by atoms with van der Waals surface area (Å²) >= 11 is 0. The molecular formula is C10H19NO2. The van der Waals surface area contributed by atoms with E-state index in [0.29, 0.717) is 5.92 Å². The van der Waals surface area contributed by atoms with Gasteiger partial charge in [0.15, 0.2) is 0 Å². The molecule has 76 valence electrons. The van der Waals surface area contributed by atoms with Crippen LogP contribution in [0.25, 0.3) is 0 Å². The van der Waals surface area contributed by atoms with Crippen LogP contribution in [0.5, 0.6) is 0 Å². The van der Waals surface area contributed by atoms with Crippen LogP contribution in [0.3, 0.4) is 0 Å². The molecule has 0 amide bonds. The van der Waals surface area contributed by atoms with Crippen molar-refractivity contribution in [2.45, 2.75) is 45.1 Å². The van der Waals surface area contributed by atoms with E-state index in [-0.39, 0.29) is 12.0 Å². The molecule has 0 saturated heterocycles. The summed E-state index contributed by atoms with van der Waals surface area (Å²) in [5.41, 5.74) is -0.124. The fourth-order valence-corrected chi connectivity index (χ4v) is 2.15. The predicted molar refractivity (Wildman–Crippen MR) is 51.7 cm³/mol. The monoisotopic (exact) mass is 185 g/mol. The summed E-state index contributed by atoms with van der Waals surface area (Å²) in [7, 11) is 0. The molecule has 3 heteroatoms. The van der Waals surface area contributed by atoms with Gasteiger partial charge in [0, 0.05) is 5.54 Å². The summed E-state index contributed by atoms with van der Waals surface area (Å²) in [4.78, 5) is 10.7. The zero-order valence-electron chi connectivity index (χ0n) is 8.47. The van der Waals surface area contributed by atoms with Crippen LogP contribution in [0.1, 0.15) is 39.5 Å². The Morgan fingerprint density at radius 1 is 1.54 bits per heavy atom. The third kappa shape index (κ3) is 2.44. The number of carboxylic acid groups (broad SMARTS) is 1. The minimum absolute atomic E-state index is 0.124. The van der Waals surface area contributed by atoms with Gasteiger partial charge in [0.1, 0.15) is 0 Å². The molecule has 1 saturated carbocycles. The normalized spacial score (nSPS) is 21.1. The molecule has 1 aliphatic rings. The molecule has 0 aromatic carbocycles. The highest BCUT2D eigenvalue weighted by Gasteiger charge is 2.44. The summed E-state index contributed by atoms with van der Waals surface area (Å²) in [6.07, 6.45) is 3.56. The number of aliphatic carboxylic acids is 1. The van der Waals surface area contributed by atoms with Gasteiger partial charge in [-0.2, -0.15) is 0 Å².